The SMILES string of the molecule is CC(C)(C)C1CCCC(NC2CCS(=O)(=O)C2)CC1. The van der Waals surface area contributed by atoms with Crippen LogP contribution in [0.15, 0.2) is 0 Å². The van der Waals surface area contributed by atoms with E-state index in [0.717, 1.165) is 12.3 Å². The van der Waals surface area contributed by atoms with Gasteiger partial charge in [0.2, 0.25) is 0 Å². The Balaban J connectivity index is 1.83. The molecule has 1 heterocycles. The zero-order valence-corrected chi connectivity index (χ0v) is 13.4. The summed E-state index contributed by atoms with van der Waals surface area (Å²) >= 11 is 0. The highest BCUT2D eigenvalue weighted by Crippen LogP contribution is 2.36. The number of hydrogen-bond acceptors (Lipinski definition) is 3. The van der Waals surface area contributed by atoms with Gasteiger partial charge < -0.3 is 5.32 Å². The van der Waals surface area contributed by atoms with Gasteiger partial charge >= 0.3 is 0 Å². The smallest absolute Gasteiger partial charge is 0.151 e. The summed E-state index contributed by atoms with van der Waals surface area (Å²) in [7, 11) is -2.75. The van der Waals surface area contributed by atoms with Crippen molar-refractivity contribution in [2.24, 2.45) is 11.3 Å². The molecule has 0 bridgehead atoms. The van der Waals surface area contributed by atoms with Crippen LogP contribution in [-0.2, 0) is 9.84 Å². The van der Waals surface area contributed by atoms with Gasteiger partial charge in [-0.2, -0.15) is 0 Å². The Morgan fingerprint density at radius 3 is 2.26 bits per heavy atom. The molecule has 19 heavy (non-hydrogen) atoms. The summed E-state index contributed by atoms with van der Waals surface area (Å²) in [6, 6.07) is 0.742. The number of sulfone groups is 1. The van der Waals surface area contributed by atoms with Crippen molar-refractivity contribution in [1.82, 2.24) is 5.32 Å². The van der Waals surface area contributed by atoms with Crippen molar-refractivity contribution in [3.8, 4) is 0 Å². The van der Waals surface area contributed by atoms with Gasteiger partial charge in [0.05, 0.1) is 11.5 Å². The van der Waals surface area contributed by atoms with Crippen LogP contribution >= 0.6 is 0 Å². The largest absolute Gasteiger partial charge is 0.310 e. The molecule has 3 unspecified atom stereocenters. The van der Waals surface area contributed by atoms with E-state index >= 15 is 0 Å². The van der Waals surface area contributed by atoms with Crippen LogP contribution in [0, 0.1) is 11.3 Å². The molecule has 0 aromatic carbocycles. The van der Waals surface area contributed by atoms with Crippen molar-refractivity contribution in [1.29, 1.82) is 0 Å². The Bertz CT molecular complexity index is 397. The van der Waals surface area contributed by atoms with Crippen molar-refractivity contribution < 1.29 is 8.42 Å². The minimum Gasteiger partial charge on any atom is -0.310 e. The summed E-state index contributed by atoms with van der Waals surface area (Å²) < 4.78 is 23.0. The lowest BCUT2D eigenvalue weighted by atomic mass is 9.76. The quantitative estimate of drug-likeness (QED) is 0.794. The van der Waals surface area contributed by atoms with Crippen molar-refractivity contribution in [2.45, 2.75) is 71.4 Å². The van der Waals surface area contributed by atoms with Crippen molar-refractivity contribution in [3.05, 3.63) is 0 Å². The summed E-state index contributed by atoms with van der Waals surface area (Å²) in [5.74, 6) is 1.54. The van der Waals surface area contributed by atoms with Crippen LogP contribution in [-0.4, -0.2) is 32.0 Å². The van der Waals surface area contributed by atoms with Crippen molar-refractivity contribution in [3.63, 3.8) is 0 Å². The predicted octanol–water partition coefficient (Wildman–Crippen LogP) is 2.76. The van der Waals surface area contributed by atoms with Gasteiger partial charge in [0.25, 0.3) is 0 Å². The molecule has 1 N–H and O–H groups in total. The summed E-state index contributed by atoms with van der Waals surface area (Å²) in [4.78, 5) is 0. The van der Waals surface area contributed by atoms with Gasteiger partial charge in [-0.1, -0.05) is 27.2 Å². The van der Waals surface area contributed by atoms with Gasteiger partial charge in [-0.15, -0.1) is 0 Å². The molecule has 2 fully saturated rings. The van der Waals surface area contributed by atoms with E-state index in [1.807, 2.05) is 0 Å². The van der Waals surface area contributed by atoms with Crippen LogP contribution in [0.1, 0.15) is 59.3 Å². The van der Waals surface area contributed by atoms with Crippen LogP contribution in [0.5, 0.6) is 0 Å². The second-order valence-electron chi connectivity index (χ2n) is 7.53. The molecule has 3 atom stereocenters. The first kappa shape index (κ1) is 15.3. The maximum atomic E-state index is 11.5. The molecule has 2 rings (SSSR count). The number of hydrogen-bond donors (Lipinski definition) is 1. The van der Waals surface area contributed by atoms with Gasteiger partial charge in [0.15, 0.2) is 9.84 Å². The molecular formula is C15H29NO2S. The highest BCUT2D eigenvalue weighted by atomic mass is 32.2. The standard InChI is InChI=1S/C15H29NO2S/c1-15(2,3)12-5-4-6-13(8-7-12)16-14-9-10-19(17,18)11-14/h12-14,16H,4-11H2,1-3H3. The van der Waals surface area contributed by atoms with Gasteiger partial charge in [-0.05, 0) is 43.4 Å². The van der Waals surface area contributed by atoms with E-state index < -0.39 is 9.84 Å². The van der Waals surface area contributed by atoms with E-state index in [2.05, 4.69) is 26.1 Å². The molecular weight excluding hydrogens is 258 g/mol. The Morgan fingerprint density at radius 2 is 1.68 bits per heavy atom. The molecule has 1 saturated heterocycles. The van der Waals surface area contributed by atoms with Gasteiger partial charge in [-0.25, -0.2) is 8.42 Å². The number of nitrogens with one attached hydrogen (secondary N) is 1. The Morgan fingerprint density at radius 1 is 0.947 bits per heavy atom. The molecule has 0 spiro atoms. The second kappa shape index (κ2) is 5.72. The fourth-order valence-corrected chi connectivity index (χ4v) is 5.28. The number of rotatable bonds is 2. The fraction of sp³-hybridized carbons (Fsp3) is 1.00. The molecule has 112 valence electrons. The lowest BCUT2D eigenvalue weighted by Crippen LogP contribution is -2.38. The third-order valence-electron chi connectivity index (χ3n) is 4.90. The summed E-state index contributed by atoms with van der Waals surface area (Å²) in [6.45, 7) is 7.03. The predicted molar refractivity (Wildman–Crippen MR) is 80.0 cm³/mol. The van der Waals surface area contributed by atoms with Crippen molar-refractivity contribution in [2.75, 3.05) is 11.5 Å². The van der Waals surface area contributed by atoms with Crippen LogP contribution < -0.4 is 5.32 Å². The molecule has 0 radical (unpaired) electrons. The zero-order valence-electron chi connectivity index (χ0n) is 12.6. The molecule has 0 aromatic rings. The van der Waals surface area contributed by atoms with Crippen LogP contribution in [0.4, 0.5) is 0 Å². The van der Waals surface area contributed by atoms with E-state index in [0.29, 0.717) is 23.0 Å². The lowest BCUT2D eigenvalue weighted by molar-refractivity contribution is 0.213. The minimum absolute atomic E-state index is 0.209. The molecule has 1 aliphatic heterocycles. The van der Waals surface area contributed by atoms with E-state index in [9.17, 15) is 8.42 Å². The molecule has 4 heteroatoms. The molecule has 2 aliphatic rings. The highest BCUT2D eigenvalue weighted by molar-refractivity contribution is 7.91. The summed E-state index contributed by atoms with van der Waals surface area (Å²) in [5.41, 5.74) is 0.408. The first-order valence-electron chi connectivity index (χ1n) is 7.73. The van der Waals surface area contributed by atoms with E-state index in [1.54, 1.807) is 0 Å². The fourth-order valence-electron chi connectivity index (χ4n) is 3.59. The Labute approximate surface area is 118 Å². The molecule has 0 aromatic heterocycles. The minimum atomic E-state index is -2.75. The van der Waals surface area contributed by atoms with Crippen LogP contribution in [0.2, 0.25) is 0 Å². The first-order valence-corrected chi connectivity index (χ1v) is 9.55. The molecule has 3 nitrogen and oxygen atoms in total. The third kappa shape index (κ3) is 4.45. The summed E-state index contributed by atoms with van der Waals surface area (Å²) in [6.07, 6.45) is 7.10. The molecule has 1 saturated carbocycles. The van der Waals surface area contributed by atoms with Crippen LogP contribution in [0.3, 0.4) is 0 Å². The zero-order chi connectivity index (χ0) is 14.1. The molecule has 0 amide bonds. The van der Waals surface area contributed by atoms with Gasteiger partial charge in [0.1, 0.15) is 0 Å². The van der Waals surface area contributed by atoms with Gasteiger partial charge in [-0.3, -0.25) is 0 Å². The maximum Gasteiger partial charge on any atom is 0.151 e. The maximum absolute atomic E-state index is 11.5. The highest BCUT2D eigenvalue weighted by Gasteiger charge is 2.31. The topological polar surface area (TPSA) is 46.2 Å². The third-order valence-corrected chi connectivity index (χ3v) is 6.67. The lowest BCUT2D eigenvalue weighted by Gasteiger charge is -2.30. The second-order valence-corrected chi connectivity index (χ2v) is 9.76. The van der Waals surface area contributed by atoms with Crippen LogP contribution in [0.25, 0.3) is 0 Å². The monoisotopic (exact) mass is 287 g/mol. The van der Waals surface area contributed by atoms with E-state index in [1.165, 1.54) is 32.1 Å². The van der Waals surface area contributed by atoms with Gasteiger partial charge in [0, 0.05) is 12.1 Å². The Hall–Kier alpha value is -0.0900. The average molecular weight is 287 g/mol. The molecule has 1 aliphatic carbocycles. The van der Waals surface area contributed by atoms with E-state index in [4.69, 9.17) is 0 Å². The van der Waals surface area contributed by atoms with E-state index in [-0.39, 0.29) is 6.04 Å². The summed E-state index contributed by atoms with van der Waals surface area (Å²) in [5, 5.41) is 3.61. The average Bonchev–Trinajstić information content (AvgIpc) is 2.50. The first-order chi connectivity index (χ1) is 8.76. The van der Waals surface area contributed by atoms with Crippen molar-refractivity contribution >= 4 is 9.84 Å². The Kier molecular flexibility index (Phi) is 4.61. The normalized spacial score (nSPS) is 36.1.